The predicted octanol–water partition coefficient (Wildman–Crippen LogP) is 12.9. The molecule has 0 saturated carbocycles. The van der Waals surface area contributed by atoms with Gasteiger partial charge in [0, 0.05) is 19.4 Å². The number of allylic oxidation sites excluding steroid dienone is 8. The highest BCUT2D eigenvalue weighted by molar-refractivity contribution is 5.70. The van der Waals surface area contributed by atoms with Gasteiger partial charge in [-0.2, -0.15) is 0 Å². The minimum absolute atomic E-state index is 0.0502. The molecule has 0 amide bonds. The van der Waals surface area contributed by atoms with E-state index in [1.807, 2.05) is 6.08 Å². The van der Waals surface area contributed by atoms with Gasteiger partial charge in [0.25, 0.3) is 0 Å². The summed E-state index contributed by atoms with van der Waals surface area (Å²) >= 11 is 0. The van der Waals surface area contributed by atoms with E-state index >= 15 is 0 Å². The Bertz CT molecular complexity index is 812. The standard InChI is InChI=1S/C43H76O5/c1-4-7-10-13-16-19-21-22-23-25-27-30-33-36-42(44)47-40-41(39-46-38-35-32-29-26-20-17-14-11-8-5-2)48-43(45)37-34-31-28-24-18-15-12-9-6-3/h7,10,16,19,22-23,27,30,41H,4-6,8-9,11-15,17-18,20-21,24-26,28-29,31-40H2,1-3H3/b10-7-,19-16-,23-22-,30-27-. The molecule has 0 aromatic rings. The number of rotatable bonds is 36. The van der Waals surface area contributed by atoms with Crippen molar-refractivity contribution in [3.63, 3.8) is 0 Å². The fourth-order valence-corrected chi connectivity index (χ4v) is 5.40. The van der Waals surface area contributed by atoms with Gasteiger partial charge < -0.3 is 14.2 Å². The maximum atomic E-state index is 12.6. The molecule has 48 heavy (non-hydrogen) atoms. The van der Waals surface area contributed by atoms with Crippen LogP contribution in [0.25, 0.3) is 0 Å². The molecule has 0 spiro atoms. The quantitative estimate of drug-likeness (QED) is 0.0376. The molecule has 0 fully saturated rings. The van der Waals surface area contributed by atoms with Crippen molar-refractivity contribution in [1.29, 1.82) is 0 Å². The number of unbranched alkanes of at least 4 members (excludes halogenated alkanes) is 17. The molecule has 0 aromatic carbocycles. The summed E-state index contributed by atoms with van der Waals surface area (Å²) in [5, 5.41) is 0. The second-order valence-corrected chi connectivity index (χ2v) is 13.2. The Labute approximate surface area is 297 Å². The summed E-state index contributed by atoms with van der Waals surface area (Å²) in [6, 6.07) is 0. The Kier molecular flexibility index (Phi) is 37.5. The number of hydrogen-bond acceptors (Lipinski definition) is 5. The summed E-state index contributed by atoms with van der Waals surface area (Å²) < 4.78 is 17.1. The third-order valence-electron chi connectivity index (χ3n) is 8.39. The summed E-state index contributed by atoms with van der Waals surface area (Å²) in [4.78, 5) is 25.0. The van der Waals surface area contributed by atoms with Gasteiger partial charge in [0.15, 0.2) is 6.10 Å². The Hall–Kier alpha value is -2.14. The molecule has 1 unspecified atom stereocenters. The van der Waals surface area contributed by atoms with E-state index in [9.17, 15) is 9.59 Å². The molecule has 0 aliphatic heterocycles. The molecule has 5 heteroatoms. The van der Waals surface area contributed by atoms with Crippen LogP contribution in [-0.2, 0) is 23.8 Å². The number of esters is 2. The molecule has 5 nitrogen and oxygen atoms in total. The van der Waals surface area contributed by atoms with Crippen LogP contribution in [0.1, 0.15) is 188 Å². The summed E-state index contributed by atoms with van der Waals surface area (Å²) in [6.45, 7) is 7.61. The topological polar surface area (TPSA) is 61.8 Å². The molecule has 0 aromatic heterocycles. The lowest BCUT2D eigenvalue weighted by atomic mass is 10.1. The highest BCUT2D eigenvalue weighted by Gasteiger charge is 2.17. The third-order valence-corrected chi connectivity index (χ3v) is 8.39. The van der Waals surface area contributed by atoms with Crippen LogP contribution in [0.3, 0.4) is 0 Å². The van der Waals surface area contributed by atoms with Crippen molar-refractivity contribution in [2.24, 2.45) is 0 Å². The van der Waals surface area contributed by atoms with Gasteiger partial charge in [0.1, 0.15) is 6.61 Å². The number of hydrogen-bond donors (Lipinski definition) is 0. The third kappa shape index (κ3) is 36.7. The van der Waals surface area contributed by atoms with Crippen LogP contribution in [0, 0.1) is 0 Å². The van der Waals surface area contributed by atoms with Gasteiger partial charge in [-0.3, -0.25) is 9.59 Å². The average Bonchev–Trinajstić information content (AvgIpc) is 3.08. The molecule has 0 rings (SSSR count). The molecule has 0 aliphatic carbocycles. The second-order valence-electron chi connectivity index (χ2n) is 13.2. The van der Waals surface area contributed by atoms with E-state index in [-0.39, 0.29) is 25.2 Å². The molecular formula is C43H76O5. The van der Waals surface area contributed by atoms with Crippen LogP contribution in [0.4, 0.5) is 0 Å². The van der Waals surface area contributed by atoms with Gasteiger partial charge in [-0.05, 0) is 44.9 Å². The summed E-state index contributed by atoms with van der Waals surface area (Å²) in [5.41, 5.74) is 0. The molecule has 0 aliphatic rings. The van der Waals surface area contributed by atoms with Gasteiger partial charge in [0.05, 0.1) is 6.61 Å². The Balaban J connectivity index is 4.33. The van der Waals surface area contributed by atoms with E-state index < -0.39 is 6.10 Å². The predicted molar refractivity (Wildman–Crippen MR) is 205 cm³/mol. The summed E-state index contributed by atoms with van der Waals surface area (Å²) in [5.74, 6) is -0.492. The van der Waals surface area contributed by atoms with E-state index in [1.165, 1.54) is 96.3 Å². The minimum Gasteiger partial charge on any atom is -0.462 e. The van der Waals surface area contributed by atoms with Crippen LogP contribution >= 0.6 is 0 Å². The Morgan fingerprint density at radius 3 is 1.46 bits per heavy atom. The molecule has 0 N–H and O–H groups in total. The fourth-order valence-electron chi connectivity index (χ4n) is 5.40. The molecule has 0 saturated heterocycles. The van der Waals surface area contributed by atoms with Crippen molar-refractivity contribution in [2.45, 2.75) is 194 Å². The number of carbonyl (C=O) groups excluding carboxylic acids is 2. The van der Waals surface area contributed by atoms with E-state index in [0.29, 0.717) is 25.9 Å². The molecule has 1 atom stereocenters. The van der Waals surface area contributed by atoms with Crippen LogP contribution in [-0.4, -0.2) is 37.9 Å². The van der Waals surface area contributed by atoms with Crippen LogP contribution in [0.15, 0.2) is 48.6 Å². The maximum Gasteiger partial charge on any atom is 0.306 e. The van der Waals surface area contributed by atoms with Gasteiger partial charge >= 0.3 is 11.9 Å². The molecule has 0 heterocycles. The first-order chi connectivity index (χ1) is 23.6. The lowest BCUT2D eigenvalue weighted by molar-refractivity contribution is -0.162. The average molecular weight is 673 g/mol. The first-order valence-electron chi connectivity index (χ1n) is 20.2. The highest BCUT2D eigenvalue weighted by atomic mass is 16.6. The summed E-state index contributed by atoms with van der Waals surface area (Å²) in [7, 11) is 0. The van der Waals surface area contributed by atoms with Gasteiger partial charge in [-0.15, -0.1) is 0 Å². The van der Waals surface area contributed by atoms with E-state index in [4.69, 9.17) is 14.2 Å². The van der Waals surface area contributed by atoms with Crippen molar-refractivity contribution in [1.82, 2.24) is 0 Å². The highest BCUT2D eigenvalue weighted by Crippen LogP contribution is 2.13. The van der Waals surface area contributed by atoms with E-state index in [2.05, 4.69) is 63.3 Å². The molecule has 0 radical (unpaired) electrons. The first-order valence-corrected chi connectivity index (χ1v) is 20.2. The monoisotopic (exact) mass is 673 g/mol. The van der Waals surface area contributed by atoms with E-state index in [1.54, 1.807) is 0 Å². The number of carbonyl (C=O) groups is 2. The smallest absolute Gasteiger partial charge is 0.306 e. The van der Waals surface area contributed by atoms with Crippen molar-refractivity contribution in [3.8, 4) is 0 Å². The molecule has 278 valence electrons. The van der Waals surface area contributed by atoms with Crippen LogP contribution in [0.2, 0.25) is 0 Å². The normalized spacial score (nSPS) is 12.6. The van der Waals surface area contributed by atoms with E-state index in [0.717, 1.165) is 51.4 Å². The zero-order chi connectivity index (χ0) is 35.0. The zero-order valence-electron chi connectivity index (χ0n) is 31.7. The fraction of sp³-hybridized carbons (Fsp3) is 0.767. The van der Waals surface area contributed by atoms with Gasteiger partial charge in [-0.25, -0.2) is 0 Å². The lowest BCUT2D eigenvalue weighted by Gasteiger charge is -2.18. The van der Waals surface area contributed by atoms with Gasteiger partial charge in [-0.1, -0.05) is 179 Å². The molecule has 0 bridgehead atoms. The first kappa shape index (κ1) is 45.9. The maximum absolute atomic E-state index is 12.6. The lowest BCUT2D eigenvalue weighted by Crippen LogP contribution is -2.30. The SMILES string of the molecule is CC/C=C\C/C=C\C/C=C\C/C=C\CCC(=O)OCC(COCCCCCCCCCCCC)OC(=O)CCCCCCCCCCC. The van der Waals surface area contributed by atoms with Crippen LogP contribution in [0.5, 0.6) is 0 Å². The van der Waals surface area contributed by atoms with Crippen molar-refractivity contribution >= 4 is 11.9 Å². The van der Waals surface area contributed by atoms with Gasteiger partial charge in [0.2, 0.25) is 0 Å². The van der Waals surface area contributed by atoms with Crippen molar-refractivity contribution in [2.75, 3.05) is 19.8 Å². The van der Waals surface area contributed by atoms with Crippen molar-refractivity contribution in [3.05, 3.63) is 48.6 Å². The summed E-state index contributed by atoms with van der Waals surface area (Å²) in [6.07, 6.45) is 45.4. The zero-order valence-corrected chi connectivity index (χ0v) is 31.7. The van der Waals surface area contributed by atoms with Crippen molar-refractivity contribution < 1.29 is 23.8 Å². The number of ether oxygens (including phenoxy) is 3. The Morgan fingerprint density at radius 1 is 0.479 bits per heavy atom. The minimum atomic E-state index is -0.555. The second kappa shape index (κ2) is 39.3. The molecular weight excluding hydrogens is 596 g/mol. The Morgan fingerprint density at radius 2 is 0.938 bits per heavy atom. The largest absolute Gasteiger partial charge is 0.462 e. The van der Waals surface area contributed by atoms with Crippen LogP contribution < -0.4 is 0 Å².